The van der Waals surface area contributed by atoms with Crippen LogP contribution in [0, 0.1) is 20.8 Å². The lowest BCUT2D eigenvalue weighted by Crippen LogP contribution is -2.16. The van der Waals surface area contributed by atoms with E-state index < -0.39 is 0 Å². The number of aromatic nitrogens is 3. The first-order valence-corrected chi connectivity index (χ1v) is 13.6. The lowest BCUT2D eigenvalue weighted by Gasteiger charge is -2.05. The molecule has 0 aliphatic heterocycles. The Hall–Kier alpha value is -5.49. The number of hydrogen-bond donors (Lipinski definition) is 0. The number of para-hydroxylation sites is 3. The SMILES string of the molecule is Cc1ccc(=O)n(-c2ccccc2)c1.Cc1ccc(=O)n(-c2ccccc2)c1.Cc1ccc(=O)n(-c2ccccc2)c1. The molecule has 3 aromatic carbocycles. The van der Waals surface area contributed by atoms with Gasteiger partial charge in [-0.25, -0.2) is 0 Å². The van der Waals surface area contributed by atoms with Gasteiger partial charge in [0, 0.05) is 53.9 Å². The Morgan fingerprint density at radius 3 is 0.810 bits per heavy atom. The summed E-state index contributed by atoms with van der Waals surface area (Å²) in [7, 11) is 0. The van der Waals surface area contributed by atoms with Crippen molar-refractivity contribution >= 4 is 0 Å². The van der Waals surface area contributed by atoms with Gasteiger partial charge in [0.1, 0.15) is 0 Å². The fourth-order valence-electron chi connectivity index (χ4n) is 4.15. The van der Waals surface area contributed by atoms with Crippen LogP contribution in [0.25, 0.3) is 17.1 Å². The normalized spacial score (nSPS) is 10.1. The summed E-state index contributed by atoms with van der Waals surface area (Å²) in [4.78, 5) is 34.6. The summed E-state index contributed by atoms with van der Waals surface area (Å²) in [5.41, 5.74) is 5.95. The molecule has 0 saturated heterocycles. The topological polar surface area (TPSA) is 66.0 Å². The molecule has 0 radical (unpaired) electrons. The number of pyridine rings is 3. The van der Waals surface area contributed by atoms with Crippen molar-refractivity contribution in [3.8, 4) is 17.1 Å². The zero-order chi connectivity index (χ0) is 29.9. The maximum atomic E-state index is 11.5. The van der Waals surface area contributed by atoms with E-state index >= 15 is 0 Å². The molecule has 0 atom stereocenters. The summed E-state index contributed by atoms with van der Waals surface area (Å²) in [6.07, 6.45) is 5.53. The molecule has 210 valence electrons. The molecule has 0 N–H and O–H groups in total. The van der Waals surface area contributed by atoms with Gasteiger partial charge >= 0.3 is 0 Å². The van der Waals surface area contributed by atoms with E-state index in [9.17, 15) is 14.4 Å². The highest BCUT2D eigenvalue weighted by atomic mass is 16.1. The van der Waals surface area contributed by atoms with Crippen LogP contribution in [0.3, 0.4) is 0 Å². The second-order valence-corrected chi connectivity index (χ2v) is 9.75. The van der Waals surface area contributed by atoms with E-state index in [2.05, 4.69) is 0 Å². The van der Waals surface area contributed by atoms with Crippen LogP contribution in [-0.4, -0.2) is 13.7 Å². The van der Waals surface area contributed by atoms with E-state index in [1.807, 2.05) is 149 Å². The third-order valence-electron chi connectivity index (χ3n) is 6.28. The number of aryl methyl sites for hydroxylation is 3. The fourth-order valence-corrected chi connectivity index (χ4v) is 4.15. The monoisotopic (exact) mass is 555 g/mol. The van der Waals surface area contributed by atoms with Crippen LogP contribution in [0.4, 0.5) is 0 Å². The molecule has 0 bridgehead atoms. The van der Waals surface area contributed by atoms with E-state index in [0.717, 1.165) is 33.8 Å². The smallest absolute Gasteiger partial charge is 0.255 e. The Labute approximate surface area is 245 Å². The highest BCUT2D eigenvalue weighted by Crippen LogP contribution is 2.06. The molecule has 6 aromatic rings. The van der Waals surface area contributed by atoms with E-state index in [-0.39, 0.29) is 16.7 Å². The summed E-state index contributed by atoms with van der Waals surface area (Å²) in [5.74, 6) is 0. The average molecular weight is 556 g/mol. The van der Waals surface area contributed by atoms with E-state index in [1.54, 1.807) is 31.9 Å². The van der Waals surface area contributed by atoms with Crippen molar-refractivity contribution in [1.82, 2.24) is 13.7 Å². The van der Waals surface area contributed by atoms with Crippen LogP contribution in [-0.2, 0) is 0 Å². The molecule has 3 heterocycles. The summed E-state index contributed by atoms with van der Waals surface area (Å²) >= 11 is 0. The lowest BCUT2D eigenvalue weighted by molar-refractivity contribution is 0.976. The van der Waals surface area contributed by atoms with Gasteiger partial charge in [0.15, 0.2) is 0 Å². The Kier molecular flexibility index (Phi) is 9.99. The van der Waals surface area contributed by atoms with Gasteiger partial charge in [-0.1, -0.05) is 72.8 Å². The van der Waals surface area contributed by atoms with Gasteiger partial charge in [-0.05, 0) is 73.9 Å². The molecular formula is C36H33N3O3. The second-order valence-electron chi connectivity index (χ2n) is 9.75. The quantitative estimate of drug-likeness (QED) is 0.253. The van der Waals surface area contributed by atoms with Crippen LogP contribution in [0.2, 0.25) is 0 Å². The first-order chi connectivity index (χ1) is 20.3. The third kappa shape index (κ3) is 8.02. The summed E-state index contributed by atoms with van der Waals surface area (Å²) < 4.78 is 4.94. The molecule has 0 saturated carbocycles. The van der Waals surface area contributed by atoms with Crippen molar-refractivity contribution in [3.05, 3.63) is 194 Å². The zero-order valence-corrected chi connectivity index (χ0v) is 23.9. The van der Waals surface area contributed by atoms with Gasteiger partial charge in [0.2, 0.25) is 0 Å². The number of nitrogens with zero attached hydrogens (tertiary/aromatic N) is 3. The van der Waals surface area contributed by atoms with Crippen LogP contribution >= 0.6 is 0 Å². The summed E-state index contributed by atoms with van der Waals surface area (Å²) in [6, 6.07) is 39.1. The summed E-state index contributed by atoms with van der Waals surface area (Å²) in [5, 5.41) is 0. The Morgan fingerprint density at radius 2 is 0.571 bits per heavy atom. The number of benzene rings is 3. The molecule has 0 amide bonds. The average Bonchev–Trinajstić information content (AvgIpc) is 3.03. The molecule has 6 heteroatoms. The first kappa shape index (κ1) is 29.5. The first-order valence-electron chi connectivity index (χ1n) is 13.6. The van der Waals surface area contributed by atoms with E-state index in [0.29, 0.717) is 0 Å². The molecule has 6 rings (SSSR count). The standard InChI is InChI=1S/3C12H11NO/c3*1-10-7-8-12(14)13(9-10)11-5-3-2-4-6-11/h3*2-9H,1H3. The van der Waals surface area contributed by atoms with E-state index in [4.69, 9.17) is 0 Å². The van der Waals surface area contributed by atoms with Gasteiger partial charge in [-0.15, -0.1) is 0 Å². The molecular weight excluding hydrogens is 522 g/mol. The van der Waals surface area contributed by atoms with Crippen molar-refractivity contribution in [1.29, 1.82) is 0 Å². The van der Waals surface area contributed by atoms with Crippen molar-refractivity contribution in [3.63, 3.8) is 0 Å². The third-order valence-corrected chi connectivity index (χ3v) is 6.28. The minimum Gasteiger partial charge on any atom is -0.284 e. The molecule has 0 aliphatic carbocycles. The Morgan fingerprint density at radius 1 is 0.333 bits per heavy atom. The second kappa shape index (κ2) is 14.2. The fraction of sp³-hybridized carbons (Fsp3) is 0.0833. The van der Waals surface area contributed by atoms with Gasteiger partial charge in [-0.3, -0.25) is 28.1 Å². The molecule has 0 aliphatic rings. The Bertz CT molecular complexity index is 1680. The molecule has 3 aromatic heterocycles. The maximum Gasteiger partial charge on any atom is 0.255 e. The summed E-state index contributed by atoms with van der Waals surface area (Å²) in [6.45, 7) is 5.91. The minimum absolute atomic E-state index is 0.00167. The molecule has 42 heavy (non-hydrogen) atoms. The number of rotatable bonds is 3. The molecule has 0 spiro atoms. The maximum absolute atomic E-state index is 11.5. The number of hydrogen-bond acceptors (Lipinski definition) is 3. The van der Waals surface area contributed by atoms with E-state index in [1.165, 1.54) is 0 Å². The lowest BCUT2D eigenvalue weighted by atomic mass is 10.3. The zero-order valence-electron chi connectivity index (χ0n) is 23.9. The van der Waals surface area contributed by atoms with Gasteiger partial charge in [0.25, 0.3) is 16.7 Å². The van der Waals surface area contributed by atoms with Crippen molar-refractivity contribution < 1.29 is 0 Å². The van der Waals surface area contributed by atoms with Crippen LogP contribution in [0.15, 0.2) is 160 Å². The van der Waals surface area contributed by atoms with Gasteiger partial charge < -0.3 is 0 Å². The highest BCUT2D eigenvalue weighted by Gasteiger charge is 1.99. The van der Waals surface area contributed by atoms with Crippen molar-refractivity contribution in [2.24, 2.45) is 0 Å². The van der Waals surface area contributed by atoms with Crippen LogP contribution < -0.4 is 16.7 Å². The molecule has 6 nitrogen and oxygen atoms in total. The van der Waals surface area contributed by atoms with Gasteiger partial charge in [0.05, 0.1) is 0 Å². The highest BCUT2D eigenvalue weighted by molar-refractivity contribution is 5.34. The van der Waals surface area contributed by atoms with Crippen LogP contribution in [0.1, 0.15) is 16.7 Å². The molecule has 0 fully saturated rings. The predicted octanol–water partition coefficient (Wildman–Crippen LogP) is 6.44. The largest absolute Gasteiger partial charge is 0.284 e. The van der Waals surface area contributed by atoms with Crippen LogP contribution in [0.5, 0.6) is 0 Å². The Balaban J connectivity index is 0.000000145. The predicted molar refractivity (Wildman–Crippen MR) is 170 cm³/mol. The van der Waals surface area contributed by atoms with Crippen molar-refractivity contribution in [2.45, 2.75) is 20.8 Å². The molecule has 0 unspecified atom stereocenters. The minimum atomic E-state index is 0.00167. The van der Waals surface area contributed by atoms with Gasteiger partial charge in [-0.2, -0.15) is 0 Å². The van der Waals surface area contributed by atoms with Crippen molar-refractivity contribution in [2.75, 3.05) is 0 Å².